The van der Waals surface area contributed by atoms with Crippen LogP contribution in [0.1, 0.15) is 10.4 Å². The van der Waals surface area contributed by atoms with E-state index in [1.165, 1.54) is 0 Å². The molecule has 0 bridgehead atoms. The number of hydrogen-bond acceptors (Lipinski definition) is 6. The van der Waals surface area contributed by atoms with E-state index in [0.717, 1.165) is 17.8 Å². The molecule has 0 spiro atoms. The van der Waals surface area contributed by atoms with Crippen LogP contribution in [0.5, 0.6) is 11.5 Å². The highest BCUT2D eigenvalue weighted by atomic mass is 19.1. The lowest BCUT2D eigenvalue weighted by Crippen LogP contribution is -2.16. The van der Waals surface area contributed by atoms with Gasteiger partial charge in [-0.2, -0.15) is 0 Å². The largest absolute Gasteiger partial charge is 0.497 e. The smallest absolute Gasteiger partial charge is 0.341 e. The van der Waals surface area contributed by atoms with Crippen molar-refractivity contribution in [1.29, 1.82) is 0 Å². The van der Waals surface area contributed by atoms with Crippen molar-refractivity contribution in [1.82, 2.24) is 15.0 Å². The molecule has 5 aromatic rings. The number of H-pyrrole nitrogens is 1. The molecule has 0 saturated carbocycles. The highest BCUT2D eigenvalue weighted by molar-refractivity contribution is 6.05. The molecule has 0 aliphatic rings. The average molecular weight is 471 g/mol. The minimum absolute atomic E-state index is 0.0376. The van der Waals surface area contributed by atoms with Crippen molar-refractivity contribution in [2.24, 2.45) is 0 Å². The number of methoxy groups -OCH3 is 2. The Bertz CT molecular complexity index is 1660. The SMILES string of the molecule is COc1ccc(-c2nc3c([nH]c2-c2ccc(OC)cc2)c(F)cc2c(=O)c(C(=O)O)cnc23)cc1. The molecule has 9 heteroatoms. The van der Waals surface area contributed by atoms with Crippen molar-refractivity contribution in [2.75, 3.05) is 14.2 Å². The van der Waals surface area contributed by atoms with E-state index in [1.54, 1.807) is 38.5 Å². The molecule has 2 N–H and O–H groups in total. The third-order valence-corrected chi connectivity index (χ3v) is 5.72. The Balaban J connectivity index is 1.86. The summed E-state index contributed by atoms with van der Waals surface area (Å²) in [6.07, 6.45) is 0.969. The van der Waals surface area contributed by atoms with Crippen molar-refractivity contribution in [3.05, 3.63) is 82.4 Å². The summed E-state index contributed by atoms with van der Waals surface area (Å²) >= 11 is 0. The monoisotopic (exact) mass is 471 g/mol. The topological polar surface area (TPSA) is 114 Å². The van der Waals surface area contributed by atoms with Crippen LogP contribution in [-0.2, 0) is 0 Å². The van der Waals surface area contributed by atoms with Crippen LogP contribution in [0, 0.1) is 5.82 Å². The standard InChI is InChI=1S/C26H18FN3O5/c1-34-15-7-3-13(4-8-15)20-21(14-5-9-16(35-2)10-6-14)30-24-22-17(11-19(27)23(24)29-20)25(31)18(12-28-22)26(32)33/h3-12,29H,1-2H3,(H,32,33). The van der Waals surface area contributed by atoms with E-state index >= 15 is 4.39 Å². The maximum atomic E-state index is 15.3. The summed E-state index contributed by atoms with van der Waals surface area (Å²) in [6.45, 7) is 0. The fourth-order valence-corrected chi connectivity index (χ4v) is 3.92. The molecule has 0 unspecified atom stereocenters. The van der Waals surface area contributed by atoms with Crippen LogP contribution in [0.4, 0.5) is 4.39 Å². The Morgan fingerprint density at radius 2 is 1.54 bits per heavy atom. The van der Waals surface area contributed by atoms with Gasteiger partial charge < -0.3 is 19.6 Å². The van der Waals surface area contributed by atoms with Gasteiger partial charge in [0.25, 0.3) is 0 Å². The summed E-state index contributed by atoms with van der Waals surface area (Å²) in [7, 11) is 3.13. The number of aromatic nitrogens is 3. The zero-order chi connectivity index (χ0) is 24.7. The van der Waals surface area contributed by atoms with Gasteiger partial charge in [0.1, 0.15) is 39.4 Å². The third-order valence-electron chi connectivity index (χ3n) is 5.72. The zero-order valence-electron chi connectivity index (χ0n) is 18.6. The Hall–Kier alpha value is -4.79. The van der Waals surface area contributed by atoms with E-state index in [1.807, 2.05) is 24.3 Å². The number of hydrogen-bond donors (Lipinski definition) is 2. The molecule has 0 radical (unpaired) electrons. The first-order chi connectivity index (χ1) is 16.9. The van der Waals surface area contributed by atoms with Crippen LogP contribution in [0.3, 0.4) is 0 Å². The first kappa shape index (κ1) is 22.0. The Morgan fingerprint density at radius 3 is 2.11 bits per heavy atom. The number of aromatic carboxylic acids is 1. The molecule has 5 rings (SSSR count). The van der Waals surface area contributed by atoms with Crippen LogP contribution in [-0.4, -0.2) is 40.2 Å². The number of carboxylic acids is 1. The summed E-state index contributed by atoms with van der Waals surface area (Å²) in [5.74, 6) is -0.873. The summed E-state index contributed by atoms with van der Waals surface area (Å²) in [5, 5.41) is 9.11. The molecule has 0 aliphatic heterocycles. The lowest BCUT2D eigenvalue weighted by molar-refractivity contribution is 0.0695. The minimum Gasteiger partial charge on any atom is -0.497 e. The first-order valence-corrected chi connectivity index (χ1v) is 10.5. The number of ether oxygens (including phenoxy) is 2. The van der Waals surface area contributed by atoms with Crippen LogP contribution in [0.25, 0.3) is 44.5 Å². The number of carbonyl (C=O) groups is 1. The molecule has 174 valence electrons. The second-order valence-corrected chi connectivity index (χ2v) is 7.70. The summed E-state index contributed by atoms with van der Waals surface area (Å²) < 4.78 is 25.7. The molecule has 3 aromatic carbocycles. The van der Waals surface area contributed by atoms with Gasteiger partial charge in [-0.1, -0.05) is 0 Å². The van der Waals surface area contributed by atoms with Gasteiger partial charge in [-0.15, -0.1) is 0 Å². The van der Waals surface area contributed by atoms with Crippen LogP contribution in [0.2, 0.25) is 0 Å². The van der Waals surface area contributed by atoms with E-state index in [9.17, 15) is 14.7 Å². The van der Waals surface area contributed by atoms with E-state index in [2.05, 4.69) is 9.97 Å². The molecule has 2 heterocycles. The van der Waals surface area contributed by atoms with Crippen molar-refractivity contribution in [3.8, 4) is 34.0 Å². The average Bonchev–Trinajstić information content (AvgIpc) is 2.88. The fraction of sp³-hybridized carbons (Fsp3) is 0.0769. The Morgan fingerprint density at radius 1 is 0.943 bits per heavy atom. The highest BCUT2D eigenvalue weighted by Gasteiger charge is 2.20. The second-order valence-electron chi connectivity index (χ2n) is 7.70. The number of nitrogens with zero attached hydrogens (tertiary/aromatic N) is 2. The van der Waals surface area contributed by atoms with Gasteiger partial charge in [0.2, 0.25) is 5.43 Å². The van der Waals surface area contributed by atoms with Gasteiger partial charge in [-0.25, -0.2) is 14.2 Å². The van der Waals surface area contributed by atoms with Crippen molar-refractivity contribution < 1.29 is 23.8 Å². The molecule has 0 saturated heterocycles. The summed E-state index contributed by atoms with van der Waals surface area (Å²) in [4.78, 5) is 36.1. The number of aromatic amines is 1. The van der Waals surface area contributed by atoms with E-state index < -0.39 is 22.8 Å². The number of halogens is 1. The molecule has 0 atom stereocenters. The highest BCUT2D eigenvalue weighted by Crippen LogP contribution is 2.34. The number of nitrogens with one attached hydrogen (secondary N) is 1. The van der Waals surface area contributed by atoms with Crippen molar-refractivity contribution in [2.45, 2.75) is 0 Å². The summed E-state index contributed by atoms with van der Waals surface area (Å²) in [6, 6.07) is 15.3. The van der Waals surface area contributed by atoms with Gasteiger partial charge in [0, 0.05) is 17.3 Å². The molecular formula is C26H18FN3O5. The fourth-order valence-electron chi connectivity index (χ4n) is 3.92. The Kier molecular flexibility index (Phi) is 5.37. The maximum absolute atomic E-state index is 15.3. The molecule has 0 aliphatic carbocycles. The molecule has 0 amide bonds. The van der Waals surface area contributed by atoms with Gasteiger partial charge in [-0.05, 0) is 54.6 Å². The van der Waals surface area contributed by atoms with Gasteiger partial charge in [0.05, 0.1) is 31.0 Å². The first-order valence-electron chi connectivity index (χ1n) is 10.5. The van der Waals surface area contributed by atoms with E-state index in [4.69, 9.17) is 14.5 Å². The number of pyridine rings is 1. The molecule has 2 aromatic heterocycles. The summed E-state index contributed by atoms with van der Waals surface area (Å²) in [5.41, 5.74) is 1.33. The van der Waals surface area contributed by atoms with Crippen molar-refractivity contribution in [3.63, 3.8) is 0 Å². The quantitative estimate of drug-likeness (QED) is 0.358. The predicted molar refractivity (Wildman–Crippen MR) is 129 cm³/mol. The van der Waals surface area contributed by atoms with Crippen LogP contribution < -0.4 is 14.9 Å². The molecule has 35 heavy (non-hydrogen) atoms. The van der Waals surface area contributed by atoms with Crippen LogP contribution in [0.15, 0.2) is 65.6 Å². The van der Waals surface area contributed by atoms with Gasteiger partial charge >= 0.3 is 5.97 Å². The predicted octanol–water partition coefficient (Wildman–Crippen LogP) is 4.66. The Labute approximate surface area is 197 Å². The van der Waals surface area contributed by atoms with Gasteiger partial charge in [-0.3, -0.25) is 9.78 Å². The molecular weight excluding hydrogens is 453 g/mol. The molecule has 0 fully saturated rings. The lowest BCUT2D eigenvalue weighted by atomic mass is 10.0. The third kappa shape index (κ3) is 3.72. The number of rotatable bonds is 5. The lowest BCUT2D eigenvalue weighted by Gasteiger charge is -2.14. The van der Waals surface area contributed by atoms with Gasteiger partial charge in [0.15, 0.2) is 0 Å². The maximum Gasteiger partial charge on any atom is 0.341 e. The number of carboxylic acid groups (broad SMARTS) is 1. The number of benzene rings is 3. The zero-order valence-corrected chi connectivity index (χ0v) is 18.6. The second kappa shape index (κ2) is 8.53. The normalized spacial score (nSPS) is 11.1. The minimum atomic E-state index is -1.43. The van der Waals surface area contributed by atoms with E-state index in [0.29, 0.717) is 28.5 Å². The van der Waals surface area contributed by atoms with Crippen molar-refractivity contribution >= 4 is 27.9 Å². The molecule has 8 nitrogen and oxygen atoms in total. The number of fused-ring (bicyclic) bond motifs is 3. The van der Waals surface area contributed by atoms with E-state index in [-0.39, 0.29) is 21.9 Å². The van der Waals surface area contributed by atoms with Crippen LogP contribution >= 0.6 is 0 Å².